The first kappa shape index (κ1) is 9.49. The van der Waals surface area contributed by atoms with E-state index in [1.165, 1.54) is 22.9 Å². The van der Waals surface area contributed by atoms with Gasteiger partial charge in [0.15, 0.2) is 0 Å². The zero-order chi connectivity index (χ0) is 8.93. The van der Waals surface area contributed by atoms with E-state index in [9.17, 15) is 0 Å². The molecule has 0 radical (unpaired) electrons. The van der Waals surface area contributed by atoms with E-state index in [-0.39, 0.29) is 0 Å². The van der Waals surface area contributed by atoms with Crippen LogP contribution >= 0.6 is 23.1 Å². The molecule has 0 N–H and O–H groups in total. The average molecular weight is 215 g/mol. The van der Waals surface area contributed by atoms with Gasteiger partial charge < -0.3 is 4.74 Å². The fourth-order valence-electron chi connectivity index (χ4n) is 1.38. The Hall–Kier alpha value is -0.0600. The van der Waals surface area contributed by atoms with E-state index >= 15 is 0 Å². The predicted octanol–water partition coefficient (Wildman–Crippen LogP) is 2.66. The van der Waals surface area contributed by atoms with Crippen LogP contribution in [0.5, 0.6) is 0 Å². The molecule has 1 aliphatic rings. The van der Waals surface area contributed by atoms with Gasteiger partial charge in [-0.2, -0.15) is 0 Å². The Kier molecular flexibility index (Phi) is 3.64. The van der Waals surface area contributed by atoms with E-state index in [2.05, 4.69) is 4.98 Å². The molecule has 0 unspecified atom stereocenters. The minimum atomic E-state index is 0.836. The van der Waals surface area contributed by atoms with Crippen LogP contribution in [0.25, 0.3) is 0 Å². The van der Waals surface area contributed by atoms with Crippen LogP contribution in [0.4, 0.5) is 0 Å². The van der Waals surface area contributed by atoms with E-state index in [0.717, 1.165) is 19.1 Å². The zero-order valence-electron chi connectivity index (χ0n) is 7.44. The van der Waals surface area contributed by atoms with Gasteiger partial charge in [0.2, 0.25) is 0 Å². The van der Waals surface area contributed by atoms with Gasteiger partial charge in [-0.1, -0.05) is 11.8 Å². The van der Waals surface area contributed by atoms with Crippen molar-refractivity contribution in [3.63, 3.8) is 0 Å². The van der Waals surface area contributed by atoms with Gasteiger partial charge >= 0.3 is 0 Å². The average Bonchev–Trinajstić information content (AvgIpc) is 2.69. The minimum Gasteiger partial charge on any atom is -0.381 e. The second-order valence-electron chi connectivity index (χ2n) is 3.16. The normalized spacial score (nSPS) is 19.1. The molecule has 13 heavy (non-hydrogen) atoms. The van der Waals surface area contributed by atoms with E-state index in [0.29, 0.717) is 0 Å². The largest absolute Gasteiger partial charge is 0.381 e. The molecular formula is C9H13NOS2. The van der Waals surface area contributed by atoms with E-state index in [1.54, 1.807) is 11.3 Å². The number of hydrogen-bond donors (Lipinski definition) is 0. The molecule has 2 nitrogen and oxygen atoms in total. The van der Waals surface area contributed by atoms with Crippen LogP contribution < -0.4 is 0 Å². The first-order valence-electron chi connectivity index (χ1n) is 4.55. The van der Waals surface area contributed by atoms with Gasteiger partial charge in [0.05, 0.1) is 0 Å². The second-order valence-corrected chi connectivity index (χ2v) is 5.33. The third kappa shape index (κ3) is 2.97. The molecule has 0 aliphatic carbocycles. The molecule has 4 heteroatoms. The van der Waals surface area contributed by atoms with Crippen molar-refractivity contribution in [3.8, 4) is 0 Å². The Balaban J connectivity index is 1.72. The van der Waals surface area contributed by atoms with Gasteiger partial charge in [0, 0.05) is 30.5 Å². The standard InChI is InChI=1S/C9H13NOS2/c1-4-11-5-2-8(1)7-13-9-10-3-6-12-9/h3,6,8H,1-2,4-5,7H2. The quantitative estimate of drug-likeness (QED) is 0.724. The van der Waals surface area contributed by atoms with Gasteiger partial charge in [-0.25, -0.2) is 4.98 Å². The predicted molar refractivity (Wildman–Crippen MR) is 56.4 cm³/mol. The van der Waals surface area contributed by atoms with Crippen LogP contribution in [0, 0.1) is 5.92 Å². The Morgan fingerprint density at radius 1 is 1.54 bits per heavy atom. The van der Waals surface area contributed by atoms with E-state index in [1.807, 2.05) is 23.3 Å². The molecule has 1 aromatic rings. The van der Waals surface area contributed by atoms with E-state index in [4.69, 9.17) is 4.74 Å². The molecular weight excluding hydrogens is 202 g/mol. The monoisotopic (exact) mass is 215 g/mol. The van der Waals surface area contributed by atoms with Crippen molar-refractivity contribution >= 4 is 23.1 Å². The molecule has 2 heterocycles. The molecule has 0 saturated carbocycles. The summed E-state index contributed by atoms with van der Waals surface area (Å²) in [7, 11) is 0. The Labute approximate surface area is 86.7 Å². The highest BCUT2D eigenvalue weighted by Crippen LogP contribution is 2.26. The summed E-state index contributed by atoms with van der Waals surface area (Å²) in [4.78, 5) is 4.25. The van der Waals surface area contributed by atoms with Crippen LogP contribution in [0.15, 0.2) is 15.9 Å². The van der Waals surface area contributed by atoms with Gasteiger partial charge in [-0.15, -0.1) is 11.3 Å². The highest BCUT2D eigenvalue weighted by atomic mass is 32.2. The maximum absolute atomic E-state index is 5.31. The SMILES string of the molecule is c1csc(SCC2CCOCC2)n1. The molecule has 1 saturated heterocycles. The Morgan fingerprint density at radius 2 is 2.38 bits per heavy atom. The molecule has 1 aromatic heterocycles. The summed E-state index contributed by atoms with van der Waals surface area (Å²) < 4.78 is 6.51. The lowest BCUT2D eigenvalue weighted by Gasteiger charge is -2.20. The molecule has 0 bridgehead atoms. The second kappa shape index (κ2) is 4.98. The van der Waals surface area contributed by atoms with Crippen LogP contribution in [-0.4, -0.2) is 24.0 Å². The van der Waals surface area contributed by atoms with Crippen LogP contribution in [0.2, 0.25) is 0 Å². The van der Waals surface area contributed by atoms with Crippen molar-refractivity contribution in [2.24, 2.45) is 5.92 Å². The summed E-state index contributed by atoms with van der Waals surface area (Å²) in [5.74, 6) is 2.04. The van der Waals surface area contributed by atoms with E-state index < -0.39 is 0 Å². The number of ether oxygens (including phenoxy) is 1. The number of thiazole rings is 1. The Morgan fingerprint density at radius 3 is 3.08 bits per heavy atom. The summed E-state index contributed by atoms with van der Waals surface area (Å²) in [5, 5.41) is 2.03. The molecule has 2 rings (SSSR count). The molecule has 1 aliphatic heterocycles. The minimum absolute atomic E-state index is 0.836. The molecule has 72 valence electrons. The fraction of sp³-hybridized carbons (Fsp3) is 0.667. The Bertz CT molecular complexity index is 232. The number of rotatable bonds is 3. The van der Waals surface area contributed by atoms with Crippen molar-refractivity contribution in [2.75, 3.05) is 19.0 Å². The summed E-state index contributed by atoms with van der Waals surface area (Å²) in [6.07, 6.45) is 4.31. The maximum atomic E-state index is 5.31. The molecule has 1 fully saturated rings. The summed E-state index contributed by atoms with van der Waals surface area (Å²) in [6.45, 7) is 1.90. The van der Waals surface area contributed by atoms with Crippen molar-refractivity contribution in [1.82, 2.24) is 4.98 Å². The third-order valence-corrected chi connectivity index (χ3v) is 4.39. The number of aromatic nitrogens is 1. The summed E-state index contributed by atoms with van der Waals surface area (Å²) in [6, 6.07) is 0. The van der Waals surface area contributed by atoms with Crippen molar-refractivity contribution in [3.05, 3.63) is 11.6 Å². The van der Waals surface area contributed by atoms with Crippen molar-refractivity contribution < 1.29 is 4.74 Å². The van der Waals surface area contributed by atoms with Crippen molar-refractivity contribution in [1.29, 1.82) is 0 Å². The summed E-state index contributed by atoms with van der Waals surface area (Å²) in [5.41, 5.74) is 0. The van der Waals surface area contributed by atoms with Gasteiger partial charge in [-0.05, 0) is 18.8 Å². The molecule has 0 spiro atoms. The summed E-state index contributed by atoms with van der Waals surface area (Å²) >= 11 is 3.62. The first-order valence-corrected chi connectivity index (χ1v) is 6.42. The van der Waals surface area contributed by atoms with Crippen LogP contribution in [-0.2, 0) is 4.74 Å². The van der Waals surface area contributed by atoms with Gasteiger partial charge in [0.1, 0.15) is 4.34 Å². The highest BCUT2D eigenvalue weighted by molar-refractivity contribution is 8.01. The zero-order valence-corrected chi connectivity index (χ0v) is 9.07. The molecule has 0 amide bonds. The molecule has 0 aromatic carbocycles. The molecule has 0 atom stereocenters. The topological polar surface area (TPSA) is 22.1 Å². The van der Waals surface area contributed by atoms with Crippen LogP contribution in [0.1, 0.15) is 12.8 Å². The number of thioether (sulfide) groups is 1. The highest BCUT2D eigenvalue weighted by Gasteiger charge is 2.14. The van der Waals surface area contributed by atoms with Gasteiger partial charge in [-0.3, -0.25) is 0 Å². The first-order chi connectivity index (χ1) is 6.45. The number of nitrogens with zero attached hydrogens (tertiary/aromatic N) is 1. The third-order valence-electron chi connectivity index (χ3n) is 2.19. The lowest BCUT2D eigenvalue weighted by molar-refractivity contribution is 0.0728. The lowest BCUT2D eigenvalue weighted by Crippen LogP contribution is -2.17. The maximum Gasteiger partial charge on any atom is 0.149 e. The smallest absolute Gasteiger partial charge is 0.149 e. The number of hydrogen-bond acceptors (Lipinski definition) is 4. The lowest BCUT2D eigenvalue weighted by atomic mass is 10.0. The van der Waals surface area contributed by atoms with Crippen LogP contribution in [0.3, 0.4) is 0 Å². The fourth-order valence-corrected chi connectivity index (χ4v) is 3.23. The van der Waals surface area contributed by atoms with Crippen molar-refractivity contribution in [2.45, 2.75) is 17.2 Å². The van der Waals surface area contributed by atoms with Gasteiger partial charge in [0.25, 0.3) is 0 Å².